The van der Waals surface area contributed by atoms with Gasteiger partial charge in [-0.15, -0.1) is 0 Å². The molecule has 0 unspecified atom stereocenters. The normalized spacial score (nSPS) is 13.9. The minimum Gasteiger partial charge on any atom is -0.467 e. The van der Waals surface area contributed by atoms with Crippen molar-refractivity contribution >= 4 is 11.7 Å². The fraction of sp³-hybridized carbons (Fsp3) is 0.250. The van der Waals surface area contributed by atoms with Crippen LogP contribution in [-0.4, -0.2) is 42.2 Å². The lowest BCUT2D eigenvalue weighted by atomic mass is 10.2. The fourth-order valence-corrected chi connectivity index (χ4v) is 2.85. The second-order valence-corrected chi connectivity index (χ2v) is 6.17. The second kappa shape index (κ2) is 8.53. The Morgan fingerprint density at radius 3 is 2.64 bits per heavy atom. The zero-order valence-electron chi connectivity index (χ0n) is 15.2. The molecule has 28 heavy (non-hydrogen) atoms. The van der Waals surface area contributed by atoms with E-state index in [0.29, 0.717) is 48.5 Å². The zero-order valence-corrected chi connectivity index (χ0v) is 15.2. The van der Waals surface area contributed by atoms with Gasteiger partial charge in [-0.3, -0.25) is 4.79 Å². The maximum atomic E-state index is 12.2. The number of hydrogen-bond acceptors (Lipinski definition) is 7. The van der Waals surface area contributed by atoms with Crippen LogP contribution in [-0.2, 0) is 11.3 Å². The van der Waals surface area contributed by atoms with Crippen LogP contribution in [0.5, 0.6) is 11.6 Å². The van der Waals surface area contributed by atoms with Crippen LogP contribution in [0.1, 0.15) is 16.1 Å². The molecule has 2 aromatic heterocycles. The number of anilines is 1. The molecule has 1 N–H and O–H groups in total. The maximum Gasteiger partial charge on any atom is 0.263 e. The number of benzene rings is 1. The molecule has 3 heterocycles. The lowest BCUT2D eigenvalue weighted by Crippen LogP contribution is -2.37. The molecule has 1 aliphatic rings. The van der Waals surface area contributed by atoms with Crippen molar-refractivity contribution in [2.45, 2.75) is 6.54 Å². The average molecular weight is 380 g/mol. The lowest BCUT2D eigenvalue weighted by Gasteiger charge is -2.28. The molecule has 8 nitrogen and oxygen atoms in total. The van der Waals surface area contributed by atoms with Gasteiger partial charge in [0, 0.05) is 31.0 Å². The lowest BCUT2D eigenvalue weighted by molar-refractivity contribution is 0.0948. The molecule has 0 atom stereocenters. The number of carbonyl (C=O) groups is 1. The van der Waals surface area contributed by atoms with Crippen LogP contribution in [0.3, 0.4) is 0 Å². The number of hydrogen-bond donors (Lipinski definition) is 1. The van der Waals surface area contributed by atoms with E-state index in [1.54, 1.807) is 49.0 Å². The molecule has 0 spiro atoms. The molecule has 0 aliphatic carbocycles. The highest BCUT2D eigenvalue weighted by atomic mass is 16.5. The van der Waals surface area contributed by atoms with Crippen molar-refractivity contribution in [3.63, 3.8) is 0 Å². The SMILES string of the molecule is O=C(NCc1ccco1)c1ccc(Oc2nccnc2N2CCOCC2)cc1. The Morgan fingerprint density at radius 1 is 1.11 bits per heavy atom. The molecule has 4 rings (SSSR count). The summed E-state index contributed by atoms with van der Waals surface area (Å²) in [4.78, 5) is 23.0. The monoisotopic (exact) mass is 380 g/mol. The molecule has 1 fully saturated rings. The third kappa shape index (κ3) is 4.29. The Kier molecular flexibility index (Phi) is 5.48. The van der Waals surface area contributed by atoms with Crippen LogP contribution >= 0.6 is 0 Å². The van der Waals surface area contributed by atoms with E-state index in [0.717, 1.165) is 13.1 Å². The number of amides is 1. The summed E-state index contributed by atoms with van der Waals surface area (Å²) in [5.41, 5.74) is 0.534. The third-order valence-electron chi connectivity index (χ3n) is 4.29. The van der Waals surface area contributed by atoms with Gasteiger partial charge in [-0.1, -0.05) is 0 Å². The molecule has 8 heteroatoms. The summed E-state index contributed by atoms with van der Waals surface area (Å²) in [6.45, 7) is 3.12. The Balaban J connectivity index is 1.41. The molecule has 1 saturated heterocycles. The number of carbonyl (C=O) groups excluding carboxylic acids is 1. The second-order valence-electron chi connectivity index (χ2n) is 6.17. The van der Waals surface area contributed by atoms with Crippen LogP contribution in [0.2, 0.25) is 0 Å². The summed E-state index contributed by atoms with van der Waals surface area (Å²) in [6.07, 6.45) is 4.81. The van der Waals surface area contributed by atoms with Gasteiger partial charge in [0.15, 0.2) is 5.82 Å². The van der Waals surface area contributed by atoms with E-state index in [4.69, 9.17) is 13.9 Å². The quantitative estimate of drug-likeness (QED) is 0.703. The van der Waals surface area contributed by atoms with Crippen molar-refractivity contribution < 1.29 is 18.7 Å². The first-order chi connectivity index (χ1) is 13.8. The van der Waals surface area contributed by atoms with Gasteiger partial charge in [-0.25, -0.2) is 9.97 Å². The Bertz CT molecular complexity index is 906. The van der Waals surface area contributed by atoms with Crippen LogP contribution in [0, 0.1) is 0 Å². The number of morpholine rings is 1. The van der Waals surface area contributed by atoms with Gasteiger partial charge < -0.3 is 24.1 Å². The van der Waals surface area contributed by atoms with E-state index in [-0.39, 0.29) is 5.91 Å². The number of furan rings is 1. The van der Waals surface area contributed by atoms with Gasteiger partial charge in [0.2, 0.25) is 0 Å². The third-order valence-corrected chi connectivity index (χ3v) is 4.29. The van der Waals surface area contributed by atoms with Crippen molar-refractivity contribution in [1.29, 1.82) is 0 Å². The average Bonchev–Trinajstić information content (AvgIpc) is 3.27. The summed E-state index contributed by atoms with van der Waals surface area (Å²) < 4.78 is 16.5. The van der Waals surface area contributed by atoms with Crippen LogP contribution in [0.15, 0.2) is 59.5 Å². The van der Waals surface area contributed by atoms with Crippen LogP contribution < -0.4 is 15.0 Å². The minimum absolute atomic E-state index is 0.184. The molecule has 0 bridgehead atoms. The van der Waals surface area contributed by atoms with Gasteiger partial charge in [-0.2, -0.15) is 0 Å². The zero-order chi connectivity index (χ0) is 19.2. The molecular formula is C20H20N4O4. The standard InChI is InChI=1S/C20H20N4O4/c25-19(23-14-17-2-1-11-27-17)15-3-5-16(6-4-15)28-20-18(21-7-8-22-20)24-9-12-26-13-10-24/h1-8,11H,9-10,12-14H2,(H,23,25). The molecule has 0 radical (unpaired) electrons. The predicted molar refractivity (Wildman–Crippen MR) is 101 cm³/mol. The minimum atomic E-state index is -0.184. The van der Waals surface area contributed by atoms with Crippen molar-refractivity contribution in [2.75, 3.05) is 31.2 Å². The predicted octanol–water partition coefficient (Wildman–Crippen LogP) is 2.63. The molecule has 3 aromatic rings. The Morgan fingerprint density at radius 2 is 1.89 bits per heavy atom. The van der Waals surface area contributed by atoms with Crippen molar-refractivity contribution in [3.8, 4) is 11.6 Å². The van der Waals surface area contributed by atoms with Crippen LogP contribution in [0.25, 0.3) is 0 Å². The molecule has 1 aromatic carbocycles. The Hall–Kier alpha value is -3.39. The first-order valence-electron chi connectivity index (χ1n) is 9.02. The number of ether oxygens (including phenoxy) is 2. The molecule has 1 aliphatic heterocycles. The van der Waals surface area contributed by atoms with Crippen molar-refractivity contribution in [2.24, 2.45) is 0 Å². The van der Waals surface area contributed by atoms with Crippen molar-refractivity contribution in [3.05, 3.63) is 66.4 Å². The number of aromatic nitrogens is 2. The summed E-state index contributed by atoms with van der Waals surface area (Å²) in [5.74, 6) is 2.21. The van der Waals surface area contributed by atoms with Gasteiger partial charge >= 0.3 is 0 Å². The number of nitrogens with zero attached hydrogens (tertiary/aromatic N) is 3. The first-order valence-corrected chi connectivity index (χ1v) is 9.02. The van der Waals surface area contributed by atoms with E-state index < -0.39 is 0 Å². The van der Waals surface area contributed by atoms with Gasteiger partial charge in [0.25, 0.3) is 11.8 Å². The summed E-state index contributed by atoms with van der Waals surface area (Å²) in [5, 5.41) is 2.81. The van der Waals surface area contributed by atoms with E-state index in [2.05, 4.69) is 20.2 Å². The first kappa shape index (κ1) is 18.0. The molecular weight excluding hydrogens is 360 g/mol. The molecule has 144 valence electrons. The maximum absolute atomic E-state index is 12.2. The van der Waals surface area contributed by atoms with Crippen LogP contribution in [0.4, 0.5) is 5.82 Å². The summed E-state index contributed by atoms with van der Waals surface area (Å²) >= 11 is 0. The Labute approximate surface area is 162 Å². The van der Waals surface area contributed by atoms with Crippen molar-refractivity contribution in [1.82, 2.24) is 15.3 Å². The van der Waals surface area contributed by atoms with Gasteiger partial charge in [-0.05, 0) is 36.4 Å². The van der Waals surface area contributed by atoms with E-state index in [1.807, 2.05) is 6.07 Å². The molecule has 0 saturated carbocycles. The largest absolute Gasteiger partial charge is 0.467 e. The molecule has 1 amide bonds. The summed E-state index contributed by atoms with van der Waals surface area (Å²) in [6, 6.07) is 10.5. The van der Waals surface area contributed by atoms with Gasteiger partial charge in [0.05, 0.1) is 26.0 Å². The fourth-order valence-electron chi connectivity index (χ4n) is 2.85. The van der Waals surface area contributed by atoms with E-state index in [9.17, 15) is 4.79 Å². The van der Waals surface area contributed by atoms with E-state index >= 15 is 0 Å². The topological polar surface area (TPSA) is 89.7 Å². The van der Waals surface area contributed by atoms with Gasteiger partial charge in [0.1, 0.15) is 11.5 Å². The number of nitrogens with one attached hydrogen (secondary N) is 1. The highest BCUT2D eigenvalue weighted by Crippen LogP contribution is 2.28. The number of rotatable bonds is 6. The highest BCUT2D eigenvalue weighted by molar-refractivity contribution is 5.94. The smallest absolute Gasteiger partial charge is 0.263 e. The highest BCUT2D eigenvalue weighted by Gasteiger charge is 2.18. The summed E-state index contributed by atoms with van der Waals surface area (Å²) in [7, 11) is 0. The van der Waals surface area contributed by atoms with E-state index in [1.165, 1.54) is 0 Å².